The Morgan fingerprint density at radius 3 is 2.80 bits per heavy atom. The average Bonchev–Trinajstić information content (AvgIpc) is 2.81. The monoisotopic (exact) mass is 280 g/mol. The summed E-state index contributed by atoms with van der Waals surface area (Å²) in [6.45, 7) is 5.88. The molecule has 1 heterocycles. The molecule has 0 radical (unpaired) electrons. The van der Waals surface area contributed by atoms with Gasteiger partial charge in [0.1, 0.15) is 5.56 Å². The van der Waals surface area contributed by atoms with Gasteiger partial charge in [0.2, 0.25) is 0 Å². The van der Waals surface area contributed by atoms with Gasteiger partial charge >= 0.3 is 0 Å². The summed E-state index contributed by atoms with van der Waals surface area (Å²) >= 11 is 0. The fraction of sp³-hybridized carbons (Fsp3) is 0.733. The predicted octanol–water partition coefficient (Wildman–Crippen LogP) is 2.39. The van der Waals surface area contributed by atoms with Crippen LogP contribution in [0.25, 0.3) is 0 Å². The van der Waals surface area contributed by atoms with Crippen LogP contribution < -0.4 is 5.32 Å². The van der Waals surface area contributed by atoms with Gasteiger partial charge in [-0.1, -0.05) is 31.8 Å². The first-order valence-electron chi connectivity index (χ1n) is 7.42. The molecule has 1 amide bonds. The van der Waals surface area contributed by atoms with Crippen LogP contribution in [0.3, 0.4) is 0 Å². The van der Waals surface area contributed by atoms with Gasteiger partial charge in [-0.2, -0.15) is 0 Å². The highest BCUT2D eigenvalue weighted by Crippen LogP contribution is 2.26. The molecule has 2 N–H and O–H groups in total. The number of carbonyl (C=O) groups excluding carboxylic acids is 1. The molecular formula is C15H24N2O3. The van der Waals surface area contributed by atoms with Gasteiger partial charge in [0, 0.05) is 24.5 Å². The number of aliphatic hydroxyl groups excluding tert-OH is 1. The van der Waals surface area contributed by atoms with E-state index in [4.69, 9.17) is 4.52 Å². The van der Waals surface area contributed by atoms with E-state index in [1.54, 1.807) is 6.92 Å². The summed E-state index contributed by atoms with van der Waals surface area (Å²) in [6, 6.07) is 0.0514. The highest BCUT2D eigenvalue weighted by Gasteiger charge is 2.29. The van der Waals surface area contributed by atoms with Crippen LogP contribution in [0.1, 0.15) is 67.3 Å². The summed E-state index contributed by atoms with van der Waals surface area (Å²) < 4.78 is 5.26. The van der Waals surface area contributed by atoms with Crippen LogP contribution in [0.4, 0.5) is 0 Å². The van der Waals surface area contributed by atoms with Gasteiger partial charge in [0.15, 0.2) is 5.76 Å². The molecule has 1 aliphatic rings. The predicted molar refractivity (Wildman–Crippen MR) is 75.6 cm³/mol. The number of aryl methyl sites for hydroxylation is 1. The number of aromatic nitrogens is 1. The van der Waals surface area contributed by atoms with Crippen LogP contribution in [-0.4, -0.2) is 28.8 Å². The molecule has 20 heavy (non-hydrogen) atoms. The normalized spacial score (nSPS) is 23.1. The Labute approximate surface area is 119 Å². The van der Waals surface area contributed by atoms with E-state index in [9.17, 15) is 9.90 Å². The SMILES string of the molecule is Cc1noc(C(C)C)c1C(=O)NC1CCCCC1CO. The largest absolute Gasteiger partial charge is 0.396 e. The molecule has 2 atom stereocenters. The quantitative estimate of drug-likeness (QED) is 0.888. The molecular weight excluding hydrogens is 256 g/mol. The lowest BCUT2D eigenvalue weighted by atomic mass is 9.85. The van der Waals surface area contributed by atoms with Crippen LogP contribution in [0, 0.1) is 12.8 Å². The summed E-state index contributed by atoms with van der Waals surface area (Å²) in [5.41, 5.74) is 1.19. The van der Waals surface area contributed by atoms with Crippen molar-refractivity contribution in [3.63, 3.8) is 0 Å². The maximum absolute atomic E-state index is 12.5. The van der Waals surface area contributed by atoms with E-state index in [2.05, 4.69) is 10.5 Å². The maximum Gasteiger partial charge on any atom is 0.257 e. The fourth-order valence-electron chi connectivity index (χ4n) is 2.91. The molecule has 5 heteroatoms. The van der Waals surface area contributed by atoms with E-state index in [0.29, 0.717) is 17.0 Å². The number of carbonyl (C=O) groups is 1. The van der Waals surface area contributed by atoms with E-state index in [-0.39, 0.29) is 30.4 Å². The molecule has 0 saturated heterocycles. The van der Waals surface area contributed by atoms with Gasteiger partial charge in [-0.05, 0) is 19.8 Å². The first-order valence-corrected chi connectivity index (χ1v) is 7.42. The minimum absolute atomic E-state index is 0.0514. The molecule has 2 rings (SSSR count). The number of hydrogen-bond donors (Lipinski definition) is 2. The third-order valence-corrected chi connectivity index (χ3v) is 4.10. The van der Waals surface area contributed by atoms with Gasteiger partial charge in [-0.15, -0.1) is 0 Å². The molecule has 1 saturated carbocycles. The Kier molecular flexibility index (Phi) is 4.81. The standard InChI is InChI=1S/C15H24N2O3/c1-9(2)14-13(10(3)17-20-14)15(19)16-12-7-5-4-6-11(12)8-18/h9,11-12,18H,4-8H2,1-3H3,(H,16,19). The van der Waals surface area contributed by atoms with Crippen LogP contribution in [-0.2, 0) is 0 Å². The van der Waals surface area contributed by atoms with Gasteiger partial charge in [-0.3, -0.25) is 4.79 Å². The Morgan fingerprint density at radius 2 is 2.15 bits per heavy atom. The average molecular weight is 280 g/mol. The van der Waals surface area contributed by atoms with Crippen molar-refractivity contribution in [3.05, 3.63) is 17.0 Å². The lowest BCUT2D eigenvalue weighted by molar-refractivity contribution is 0.0869. The molecule has 0 aromatic carbocycles. The molecule has 1 aliphatic carbocycles. The molecule has 0 spiro atoms. The molecule has 5 nitrogen and oxygen atoms in total. The third kappa shape index (κ3) is 3.03. The van der Waals surface area contributed by atoms with Crippen molar-refractivity contribution >= 4 is 5.91 Å². The topological polar surface area (TPSA) is 75.4 Å². The second kappa shape index (κ2) is 6.39. The van der Waals surface area contributed by atoms with Gasteiger partial charge in [0.25, 0.3) is 5.91 Å². The minimum atomic E-state index is -0.127. The zero-order chi connectivity index (χ0) is 14.7. The fourth-order valence-corrected chi connectivity index (χ4v) is 2.91. The van der Waals surface area contributed by atoms with Crippen LogP contribution >= 0.6 is 0 Å². The second-order valence-electron chi connectivity index (χ2n) is 5.97. The van der Waals surface area contributed by atoms with E-state index in [0.717, 1.165) is 25.7 Å². The summed E-state index contributed by atoms with van der Waals surface area (Å²) in [4.78, 5) is 12.5. The summed E-state index contributed by atoms with van der Waals surface area (Å²) in [5, 5.41) is 16.4. The van der Waals surface area contributed by atoms with Crippen molar-refractivity contribution in [1.29, 1.82) is 0 Å². The number of amides is 1. The molecule has 112 valence electrons. The van der Waals surface area contributed by atoms with Gasteiger partial charge < -0.3 is 14.9 Å². The van der Waals surface area contributed by atoms with Crippen molar-refractivity contribution in [3.8, 4) is 0 Å². The summed E-state index contributed by atoms with van der Waals surface area (Å²) in [5.74, 6) is 0.793. The molecule has 2 unspecified atom stereocenters. The van der Waals surface area contributed by atoms with Gasteiger partial charge in [-0.25, -0.2) is 0 Å². The van der Waals surface area contributed by atoms with Crippen LogP contribution in [0.2, 0.25) is 0 Å². The molecule has 1 aromatic rings. The van der Waals surface area contributed by atoms with E-state index in [1.807, 2.05) is 13.8 Å². The molecule has 0 bridgehead atoms. The summed E-state index contributed by atoms with van der Waals surface area (Å²) in [6.07, 6.45) is 4.13. The highest BCUT2D eigenvalue weighted by molar-refractivity contribution is 5.96. The zero-order valence-corrected chi connectivity index (χ0v) is 12.5. The number of aliphatic hydroxyl groups is 1. The van der Waals surface area contributed by atoms with Crippen molar-refractivity contribution in [2.24, 2.45) is 5.92 Å². The van der Waals surface area contributed by atoms with Crippen molar-refractivity contribution in [1.82, 2.24) is 10.5 Å². The first-order chi connectivity index (χ1) is 9.54. The Balaban J connectivity index is 2.13. The highest BCUT2D eigenvalue weighted by atomic mass is 16.5. The Morgan fingerprint density at radius 1 is 1.45 bits per heavy atom. The van der Waals surface area contributed by atoms with Crippen molar-refractivity contribution in [2.75, 3.05) is 6.61 Å². The van der Waals surface area contributed by atoms with Crippen LogP contribution in [0.5, 0.6) is 0 Å². The second-order valence-corrected chi connectivity index (χ2v) is 5.97. The lowest BCUT2D eigenvalue weighted by Crippen LogP contribution is -2.43. The zero-order valence-electron chi connectivity index (χ0n) is 12.5. The Bertz CT molecular complexity index is 468. The smallest absolute Gasteiger partial charge is 0.257 e. The van der Waals surface area contributed by atoms with Crippen molar-refractivity contribution in [2.45, 2.75) is 58.4 Å². The van der Waals surface area contributed by atoms with Crippen molar-refractivity contribution < 1.29 is 14.4 Å². The summed E-state index contributed by atoms with van der Waals surface area (Å²) in [7, 11) is 0. The molecule has 1 fully saturated rings. The maximum atomic E-state index is 12.5. The van der Waals surface area contributed by atoms with E-state index in [1.165, 1.54) is 0 Å². The number of nitrogens with one attached hydrogen (secondary N) is 1. The minimum Gasteiger partial charge on any atom is -0.396 e. The molecule has 0 aliphatic heterocycles. The number of rotatable bonds is 4. The van der Waals surface area contributed by atoms with E-state index < -0.39 is 0 Å². The van der Waals surface area contributed by atoms with Crippen LogP contribution in [0.15, 0.2) is 4.52 Å². The molecule has 1 aromatic heterocycles. The third-order valence-electron chi connectivity index (χ3n) is 4.10. The van der Waals surface area contributed by atoms with Gasteiger partial charge in [0.05, 0.1) is 5.69 Å². The first kappa shape index (κ1) is 15.0. The lowest BCUT2D eigenvalue weighted by Gasteiger charge is -2.30. The van der Waals surface area contributed by atoms with E-state index >= 15 is 0 Å². The number of hydrogen-bond acceptors (Lipinski definition) is 4. The Hall–Kier alpha value is -1.36. The number of nitrogens with zero attached hydrogens (tertiary/aromatic N) is 1.